The molecular formula is C13H17BrF3NO2S. The fourth-order valence-electron chi connectivity index (χ4n) is 1.84. The molecule has 21 heavy (non-hydrogen) atoms. The highest BCUT2D eigenvalue weighted by molar-refractivity contribution is 9.09. The number of hydrogen-bond acceptors (Lipinski definition) is 2. The van der Waals surface area contributed by atoms with Crippen LogP contribution in [-0.2, 0) is 16.2 Å². The fraction of sp³-hybridized carbons (Fsp3) is 0.538. The van der Waals surface area contributed by atoms with Crippen LogP contribution in [-0.4, -0.2) is 19.8 Å². The molecule has 0 saturated carbocycles. The predicted molar refractivity (Wildman–Crippen MR) is 79.0 cm³/mol. The predicted octanol–water partition coefficient (Wildman–Crippen LogP) is 3.86. The Labute approximate surface area is 131 Å². The summed E-state index contributed by atoms with van der Waals surface area (Å²) >= 11 is 3.37. The maximum absolute atomic E-state index is 12.8. The lowest BCUT2D eigenvalue weighted by molar-refractivity contribution is -0.138. The van der Waals surface area contributed by atoms with Crippen molar-refractivity contribution in [1.82, 2.24) is 4.72 Å². The average molecular weight is 388 g/mol. The van der Waals surface area contributed by atoms with E-state index < -0.39 is 21.8 Å². The number of rotatable bonds is 6. The first-order valence-electron chi connectivity index (χ1n) is 6.40. The second kappa shape index (κ2) is 7.11. The van der Waals surface area contributed by atoms with E-state index in [-0.39, 0.29) is 21.8 Å². The SMILES string of the molecule is CCC(Br)CCNS(=O)(=O)c1cccc(C(F)(F)F)c1C. The Morgan fingerprint density at radius 3 is 2.48 bits per heavy atom. The van der Waals surface area contributed by atoms with Crippen molar-refractivity contribution >= 4 is 26.0 Å². The van der Waals surface area contributed by atoms with Gasteiger partial charge in [-0.1, -0.05) is 28.9 Å². The number of alkyl halides is 4. The lowest BCUT2D eigenvalue weighted by Crippen LogP contribution is -2.27. The van der Waals surface area contributed by atoms with Gasteiger partial charge in [0.05, 0.1) is 10.5 Å². The third-order valence-electron chi connectivity index (χ3n) is 3.07. The van der Waals surface area contributed by atoms with Crippen LogP contribution in [0.25, 0.3) is 0 Å². The van der Waals surface area contributed by atoms with Crippen LogP contribution in [0.2, 0.25) is 0 Å². The molecule has 0 aliphatic rings. The minimum Gasteiger partial charge on any atom is -0.211 e. The molecule has 1 aromatic rings. The molecule has 0 aliphatic heterocycles. The number of hydrogen-bond donors (Lipinski definition) is 1. The number of halogens is 4. The largest absolute Gasteiger partial charge is 0.416 e. The summed E-state index contributed by atoms with van der Waals surface area (Å²) in [6, 6.07) is 3.15. The summed E-state index contributed by atoms with van der Waals surface area (Å²) in [7, 11) is -3.95. The molecule has 1 aromatic carbocycles. The maximum atomic E-state index is 12.8. The number of benzene rings is 1. The molecule has 0 radical (unpaired) electrons. The molecule has 3 nitrogen and oxygen atoms in total. The zero-order valence-corrected chi connectivity index (χ0v) is 14.1. The summed E-state index contributed by atoms with van der Waals surface area (Å²) in [6.45, 7) is 3.28. The normalized spacial score (nSPS) is 14.2. The first kappa shape index (κ1) is 18.4. The fourth-order valence-corrected chi connectivity index (χ4v) is 3.39. The molecule has 1 unspecified atom stereocenters. The van der Waals surface area contributed by atoms with Crippen LogP contribution in [0.1, 0.15) is 30.9 Å². The van der Waals surface area contributed by atoms with Gasteiger partial charge < -0.3 is 0 Å². The standard InChI is InChI=1S/C13H17BrF3NO2S/c1-3-10(14)7-8-18-21(19,20)12-6-4-5-11(9(12)2)13(15,16)17/h4-6,10,18H,3,7-8H2,1-2H3. The van der Waals surface area contributed by atoms with Crippen LogP contribution in [0.3, 0.4) is 0 Å². The minimum atomic E-state index is -4.57. The second-order valence-electron chi connectivity index (χ2n) is 4.62. The quantitative estimate of drug-likeness (QED) is 0.753. The number of nitrogens with one attached hydrogen (secondary N) is 1. The van der Waals surface area contributed by atoms with Crippen LogP contribution < -0.4 is 4.72 Å². The van der Waals surface area contributed by atoms with Gasteiger partial charge in [0.25, 0.3) is 0 Å². The van der Waals surface area contributed by atoms with E-state index in [1.807, 2.05) is 6.92 Å². The van der Waals surface area contributed by atoms with Crippen molar-refractivity contribution in [2.45, 2.75) is 42.6 Å². The third-order valence-corrected chi connectivity index (χ3v) is 5.78. The van der Waals surface area contributed by atoms with Crippen molar-refractivity contribution < 1.29 is 21.6 Å². The van der Waals surface area contributed by atoms with Gasteiger partial charge in [0.1, 0.15) is 0 Å². The highest BCUT2D eigenvalue weighted by atomic mass is 79.9. The van der Waals surface area contributed by atoms with Crippen LogP contribution in [0.5, 0.6) is 0 Å². The summed E-state index contributed by atoms with van der Waals surface area (Å²) in [6.07, 6.45) is -3.17. The first-order chi connectivity index (χ1) is 9.59. The van der Waals surface area contributed by atoms with E-state index >= 15 is 0 Å². The van der Waals surface area contributed by atoms with Crippen molar-refractivity contribution in [3.63, 3.8) is 0 Å². The van der Waals surface area contributed by atoms with Gasteiger partial charge in [0, 0.05) is 11.4 Å². The van der Waals surface area contributed by atoms with Gasteiger partial charge in [-0.15, -0.1) is 0 Å². The molecule has 120 valence electrons. The molecule has 8 heteroatoms. The molecule has 0 bridgehead atoms. The summed E-state index contributed by atoms with van der Waals surface area (Å²) in [4.78, 5) is -0.164. The molecule has 0 fully saturated rings. The second-order valence-corrected chi connectivity index (χ2v) is 7.65. The third kappa shape index (κ3) is 4.96. The molecule has 0 aliphatic carbocycles. The van der Waals surface area contributed by atoms with E-state index in [1.165, 1.54) is 6.07 Å². The molecule has 1 rings (SSSR count). The Balaban J connectivity index is 2.99. The van der Waals surface area contributed by atoms with E-state index in [0.717, 1.165) is 25.5 Å². The van der Waals surface area contributed by atoms with Crippen molar-refractivity contribution in [1.29, 1.82) is 0 Å². The van der Waals surface area contributed by atoms with Crippen LogP contribution in [0.4, 0.5) is 13.2 Å². The topological polar surface area (TPSA) is 46.2 Å². The molecule has 0 amide bonds. The molecule has 0 spiro atoms. The highest BCUT2D eigenvalue weighted by Gasteiger charge is 2.34. The zero-order chi connectivity index (χ0) is 16.3. The monoisotopic (exact) mass is 387 g/mol. The van der Waals surface area contributed by atoms with Gasteiger partial charge in [0.15, 0.2) is 0 Å². The van der Waals surface area contributed by atoms with Crippen molar-refractivity contribution in [2.24, 2.45) is 0 Å². The highest BCUT2D eigenvalue weighted by Crippen LogP contribution is 2.34. The van der Waals surface area contributed by atoms with E-state index in [2.05, 4.69) is 20.7 Å². The summed E-state index contributed by atoms with van der Waals surface area (Å²) in [5, 5.41) is 0. The molecule has 0 saturated heterocycles. The molecule has 0 heterocycles. The van der Waals surface area contributed by atoms with Crippen LogP contribution in [0.15, 0.2) is 23.1 Å². The van der Waals surface area contributed by atoms with Gasteiger partial charge in [-0.2, -0.15) is 13.2 Å². The maximum Gasteiger partial charge on any atom is 0.416 e. The minimum absolute atomic E-state index is 0.168. The van der Waals surface area contributed by atoms with E-state index in [4.69, 9.17) is 0 Å². The van der Waals surface area contributed by atoms with E-state index in [1.54, 1.807) is 0 Å². The lowest BCUT2D eigenvalue weighted by Gasteiger charge is -2.15. The molecule has 1 N–H and O–H groups in total. The van der Waals surface area contributed by atoms with Gasteiger partial charge in [-0.05, 0) is 37.5 Å². The van der Waals surface area contributed by atoms with E-state index in [0.29, 0.717) is 6.42 Å². The van der Waals surface area contributed by atoms with Crippen LogP contribution >= 0.6 is 15.9 Å². The summed E-state index contributed by atoms with van der Waals surface area (Å²) in [5.41, 5.74) is -1.22. The Bertz CT molecular complexity index is 588. The smallest absolute Gasteiger partial charge is 0.211 e. The van der Waals surface area contributed by atoms with Crippen LogP contribution in [0, 0.1) is 6.92 Å². The van der Waals surface area contributed by atoms with Crippen molar-refractivity contribution in [2.75, 3.05) is 6.54 Å². The Hall–Kier alpha value is -0.600. The van der Waals surface area contributed by atoms with Crippen molar-refractivity contribution in [3.05, 3.63) is 29.3 Å². The summed E-state index contributed by atoms with van der Waals surface area (Å²) < 4.78 is 64.9. The molecule has 1 atom stereocenters. The van der Waals surface area contributed by atoms with E-state index in [9.17, 15) is 21.6 Å². The number of sulfonamides is 1. The molecule has 0 aromatic heterocycles. The lowest BCUT2D eigenvalue weighted by atomic mass is 10.1. The Kier molecular flexibility index (Phi) is 6.24. The van der Waals surface area contributed by atoms with Gasteiger partial charge in [-0.25, -0.2) is 13.1 Å². The zero-order valence-electron chi connectivity index (χ0n) is 11.7. The summed E-state index contributed by atoms with van der Waals surface area (Å²) in [5.74, 6) is 0. The van der Waals surface area contributed by atoms with Crippen molar-refractivity contribution in [3.8, 4) is 0 Å². The van der Waals surface area contributed by atoms with Gasteiger partial charge in [0.2, 0.25) is 10.0 Å². The molecular weight excluding hydrogens is 371 g/mol. The first-order valence-corrected chi connectivity index (χ1v) is 8.80. The Morgan fingerprint density at radius 1 is 1.33 bits per heavy atom. The van der Waals surface area contributed by atoms with Gasteiger partial charge >= 0.3 is 6.18 Å². The van der Waals surface area contributed by atoms with Gasteiger partial charge in [-0.3, -0.25) is 0 Å². The Morgan fingerprint density at radius 2 is 1.95 bits per heavy atom. The average Bonchev–Trinajstić information content (AvgIpc) is 2.36.